The zero-order valence-corrected chi connectivity index (χ0v) is 10.9. The summed E-state index contributed by atoms with van der Waals surface area (Å²) >= 11 is 7.68. The first-order valence-corrected chi connectivity index (χ1v) is 6.19. The molecule has 3 nitrogen and oxygen atoms in total. The summed E-state index contributed by atoms with van der Waals surface area (Å²) in [5.74, 6) is 0. The van der Waals surface area contributed by atoms with Crippen LogP contribution < -0.4 is 5.32 Å². The summed E-state index contributed by atoms with van der Waals surface area (Å²) in [5.41, 5.74) is 1.10. The molecule has 1 heterocycles. The van der Waals surface area contributed by atoms with Crippen LogP contribution in [0.3, 0.4) is 0 Å². The number of aromatic nitrogens is 1. The maximum Gasteiger partial charge on any atom is 0.183 e. The molecule has 1 N–H and O–H groups in total. The number of rotatable bonds is 6. The predicted molar refractivity (Wildman–Crippen MR) is 66.2 cm³/mol. The lowest BCUT2D eigenvalue weighted by Crippen LogP contribution is -2.13. The van der Waals surface area contributed by atoms with Crippen molar-refractivity contribution in [1.82, 2.24) is 4.98 Å². The lowest BCUT2D eigenvalue weighted by molar-refractivity contribution is 0.196. The van der Waals surface area contributed by atoms with Gasteiger partial charge in [0, 0.05) is 18.5 Å². The molecule has 0 aliphatic carbocycles. The molecule has 0 radical (unpaired) electrons. The van der Waals surface area contributed by atoms with Gasteiger partial charge in [-0.1, -0.05) is 0 Å². The highest BCUT2D eigenvalue weighted by Crippen LogP contribution is 2.21. The van der Waals surface area contributed by atoms with Gasteiger partial charge in [0.25, 0.3) is 0 Å². The fourth-order valence-corrected chi connectivity index (χ4v) is 2.22. The van der Waals surface area contributed by atoms with E-state index in [0.29, 0.717) is 6.61 Å². The van der Waals surface area contributed by atoms with E-state index in [1.54, 1.807) is 18.4 Å². The molecule has 0 fully saturated rings. The minimum absolute atomic E-state index is 0.0738. The number of alkyl halides is 1. The van der Waals surface area contributed by atoms with E-state index < -0.39 is 0 Å². The highest BCUT2D eigenvalue weighted by molar-refractivity contribution is 7.15. The first kappa shape index (κ1) is 12.7. The van der Waals surface area contributed by atoms with E-state index in [1.807, 2.05) is 6.92 Å². The van der Waals surface area contributed by atoms with Crippen molar-refractivity contribution >= 4 is 28.1 Å². The molecular weight excluding hydrogens is 232 g/mol. The number of aryl methyl sites for hydroxylation is 2. The molecule has 1 aromatic rings. The monoisotopic (exact) mass is 248 g/mol. The van der Waals surface area contributed by atoms with Crippen LogP contribution in [0.5, 0.6) is 0 Å². The third-order valence-electron chi connectivity index (χ3n) is 2.11. The Morgan fingerprint density at radius 1 is 1.53 bits per heavy atom. The topological polar surface area (TPSA) is 34.1 Å². The number of hydrogen-bond donors (Lipinski definition) is 1. The molecule has 86 valence electrons. The van der Waals surface area contributed by atoms with E-state index in [4.69, 9.17) is 16.3 Å². The molecule has 0 amide bonds. The molecule has 0 aliphatic rings. The molecule has 1 unspecified atom stereocenters. The van der Waals surface area contributed by atoms with E-state index in [0.717, 1.165) is 23.8 Å². The van der Waals surface area contributed by atoms with Crippen molar-refractivity contribution in [3.8, 4) is 0 Å². The summed E-state index contributed by atoms with van der Waals surface area (Å²) in [6, 6.07) is 0. The first-order chi connectivity index (χ1) is 7.13. The Bertz CT molecular complexity index is 284. The van der Waals surface area contributed by atoms with Crippen LogP contribution in [-0.2, 0) is 4.74 Å². The Balaban J connectivity index is 2.25. The quantitative estimate of drug-likeness (QED) is 0.787. The number of hydrogen-bond acceptors (Lipinski definition) is 4. The average molecular weight is 249 g/mol. The predicted octanol–water partition coefficient (Wildman–Crippen LogP) is 2.82. The normalized spacial score (nSPS) is 12.8. The maximum atomic E-state index is 6.00. The van der Waals surface area contributed by atoms with E-state index >= 15 is 0 Å². The first-order valence-electron chi connectivity index (χ1n) is 4.94. The van der Waals surface area contributed by atoms with Crippen molar-refractivity contribution in [3.05, 3.63) is 10.6 Å². The molecule has 0 bridgehead atoms. The molecule has 0 aromatic carbocycles. The Morgan fingerprint density at radius 2 is 2.27 bits per heavy atom. The third kappa shape index (κ3) is 4.36. The zero-order valence-electron chi connectivity index (χ0n) is 9.34. The second kappa shape index (κ2) is 6.30. The third-order valence-corrected chi connectivity index (χ3v) is 3.48. The second-order valence-corrected chi connectivity index (χ2v) is 5.25. The van der Waals surface area contributed by atoms with Gasteiger partial charge in [-0.2, -0.15) is 0 Å². The lowest BCUT2D eigenvalue weighted by atomic mass is 10.3. The summed E-state index contributed by atoms with van der Waals surface area (Å²) in [6.45, 7) is 5.53. The van der Waals surface area contributed by atoms with Crippen molar-refractivity contribution in [3.63, 3.8) is 0 Å². The number of nitrogens with one attached hydrogen (secondary N) is 1. The van der Waals surface area contributed by atoms with Gasteiger partial charge in [-0.15, -0.1) is 22.9 Å². The van der Waals surface area contributed by atoms with Gasteiger partial charge in [0.15, 0.2) is 5.13 Å². The van der Waals surface area contributed by atoms with E-state index in [-0.39, 0.29) is 5.38 Å². The summed E-state index contributed by atoms with van der Waals surface area (Å²) in [4.78, 5) is 5.65. The molecule has 0 spiro atoms. The van der Waals surface area contributed by atoms with Crippen molar-refractivity contribution in [2.45, 2.75) is 25.6 Å². The molecule has 0 saturated carbocycles. The van der Waals surface area contributed by atoms with Crippen LogP contribution in [0.25, 0.3) is 0 Å². The Hall–Kier alpha value is -0.320. The minimum Gasteiger partial charge on any atom is -0.383 e. The molecule has 5 heteroatoms. The number of anilines is 1. The number of halogens is 1. The van der Waals surface area contributed by atoms with Crippen LogP contribution in [-0.4, -0.2) is 30.6 Å². The Morgan fingerprint density at radius 3 is 2.80 bits per heavy atom. The van der Waals surface area contributed by atoms with Crippen LogP contribution in [0, 0.1) is 13.8 Å². The van der Waals surface area contributed by atoms with Gasteiger partial charge >= 0.3 is 0 Å². The summed E-state index contributed by atoms with van der Waals surface area (Å²) in [7, 11) is 1.66. The van der Waals surface area contributed by atoms with Crippen LogP contribution in [0.1, 0.15) is 17.0 Å². The molecule has 1 atom stereocenters. The largest absolute Gasteiger partial charge is 0.383 e. The van der Waals surface area contributed by atoms with Gasteiger partial charge < -0.3 is 10.1 Å². The fourth-order valence-electron chi connectivity index (χ4n) is 1.15. The summed E-state index contributed by atoms with van der Waals surface area (Å²) in [5, 5.41) is 4.31. The van der Waals surface area contributed by atoms with Crippen molar-refractivity contribution < 1.29 is 4.74 Å². The van der Waals surface area contributed by atoms with E-state index in [2.05, 4.69) is 17.2 Å². The minimum atomic E-state index is 0.0738. The lowest BCUT2D eigenvalue weighted by Gasteiger charge is -2.07. The molecule has 1 rings (SSSR count). The van der Waals surface area contributed by atoms with E-state index in [9.17, 15) is 0 Å². The number of nitrogens with zero attached hydrogens (tertiary/aromatic N) is 1. The van der Waals surface area contributed by atoms with Crippen molar-refractivity contribution in [2.75, 3.05) is 25.6 Å². The summed E-state index contributed by atoms with van der Waals surface area (Å²) in [6.07, 6.45) is 0.882. The number of thiazole rings is 1. The smallest absolute Gasteiger partial charge is 0.183 e. The molecule has 0 aliphatic heterocycles. The zero-order chi connectivity index (χ0) is 11.3. The van der Waals surface area contributed by atoms with Crippen LogP contribution in [0.2, 0.25) is 0 Å². The van der Waals surface area contributed by atoms with Crippen LogP contribution >= 0.6 is 22.9 Å². The van der Waals surface area contributed by atoms with Gasteiger partial charge in [0.05, 0.1) is 17.7 Å². The highest BCUT2D eigenvalue weighted by atomic mass is 35.5. The van der Waals surface area contributed by atoms with Gasteiger partial charge in [0.1, 0.15) is 0 Å². The molecule has 1 aromatic heterocycles. The highest BCUT2D eigenvalue weighted by Gasteiger charge is 2.05. The summed E-state index contributed by atoms with van der Waals surface area (Å²) < 4.78 is 4.96. The van der Waals surface area contributed by atoms with Crippen molar-refractivity contribution in [2.24, 2.45) is 0 Å². The van der Waals surface area contributed by atoms with Crippen LogP contribution in [0.4, 0.5) is 5.13 Å². The molecular formula is C10H17ClN2OS. The number of ether oxygens (including phenoxy) is 1. The van der Waals surface area contributed by atoms with Crippen LogP contribution in [0.15, 0.2) is 0 Å². The fraction of sp³-hybridized carbons (Fsp3) is 0.700. The van der Waals surface area contributed by atoms with Crippen molar-refractivity contribution in [1.29, 1.82) is 0 Å². The Labute approximate surface area is 99.8 Å². The van der Waals surface area contributed by atoms with E-state index in [1.165, 1.54) is 4.88 Å². The van der Waals surface area contributed by atoms with Gasteiger partial charge in [-0.3, -0.25) is 0 Å². The van der Waals surface area contributed by atoms with Gasteiger partial charge in [-0.05, 0) is 20.3 Å². The maximum absolute atomic E-state index is 6.00. The SMILES string of the molecule is COCC(Cl)CCNc1nc(C)c(C)s1. The molecule has 15 heavy (non-hydrogen) atoms. The van der Waals surface area contributed by atoms with Gasteiger partial charge in [-0.25, -0.2) is 4.98 Å². The number of methoxy groups -OCH3 is 1. The Kier molecular flexibility index (Phi) is 5.36. The average Bonchev–Trinajstić information content (AvgIpc) is 2.46. The second-order valence-electron chi connectivity index (χ2n) is 3.43. The van der Waals surface area contributed by atoms with Gasteiger partial charge in [0.2, 0.25) is 0 Å². The standard InChI is InChI=1S/C10H17ClN2OS/c1-7-8(2)15-10(13-7)12-5-4-9(11)6-14-3/h9H,4-6H2,1-3H3,(H,12,13). The molecule has 0 saturated heterocycles.